The molecule has 0 bridgehead atoms. The maximum Gasteiger partial charge on any atom is 0.274 e. The van der Waals surface area contributed by atoms with E-state index in [1.54, 1.807) is 12.1 Å². The maximum atomic E-state index is 12.2. The van der Waals surface area contributed by atoms with Crippen LogP contribution in [0.4, 0.5) is 0 Å². The molecule has 0 radical (unpaired) electrons. The van der Waals surface area contributed by atoms with Gasteiger partial charge in [0.1, 0.15) is 0 Å². The molecule has 1 unspecified atom stereocenters. The quantitative estimate of drug-likeness (QED) is 0.900. The number of halogens is 1. The van der Waals surface area contributed by atoms with Gasteiger partial charge in [0.2, 0.25) is 0 Å². The fraction of sp³-hybridized carbons (Fsp3) is 0.583. The van der Waals surface area contributed by atoms with Crippen molar-refractivity contribution in [3.05, 3.63) is 23.0 Å². The van der Waals surface area contributed by atoms with Crippen LogP contribution in [0.25, 0.3) is 0 Å². The van der Waals surface area contributed by atoms with Crippen LogP contribution in [0.1, 0.15) is 36.2 Å². The molecule has 1 N–H and O–H groups in total. The van der Waals surface area contributed by atoms with Gasteiger partial charge in [-0.15, -0.1) is 10.2 Å². The lowest BCUT2D eigenvalue weighted by molar-refractivity contribution is 0.0717. The van der Waals surface area contributed by atoms with E-state index < -0.39 is 0 Å². The van der Waals surface area contributed by atoms with Gasteiger partial charge in [-0.1, -0.05) is 11.6 Å². The Morgan fingerprint density at radius 2 is 2.33 bits per heavy atom. The summed E-state index contributed by atoms with van der Waals surface area (Å²) in [6, 6.07) is 3.38. The molecule has 2 heterocycles. The molecule has 0 spiro atoms. The van der Waals surface area contributed by atoms with Crippen molar-refractivity contribution in [2.75, 3.05) is 13.2 Å². The van der Waals surface area contributed by atoms with Crippen molar-refractivity contribution in [3.8, 4) is 0 Å². The molecule has 98 valence electrons. The van der Waals surface area contributed by atoms with E-state index in [-0.39, 0.29) is 23.7 Å². The molecule has 1 aromatic rings. The van der Waals surface area contributed by atoms with Crippen molar-refractivity contribution >= 4 is 17.5 Å². The van der Waals surface area contributed by atoms with Crippen molar-refractivity contribution in [1.29, 1.82) is 0 Å². The zero-order valence-electron chi connectivity index (χ0n) is 10.0. The SMILES string of the molecule is O=C(c1ccc(Cl)nn1)N1CCCC1CCCO. The zero-order chi connectivity index (χ0) is 13.0. The highest BCUT2D eigenvalue weighted by molar-refractivity contribution is 6.29. The second-order valence-electron chi connectivity index (χ2n) is 4.40. The molecule has 1 aliphatic rings. The average Bonchev–Trinajstić information content (AvgIpc) is 2.84. The number of rotatable bonds is 4. The average molecular weight is 270 g/mol. The Balaban J connectivity index is 2.05. The Bertz CT molecular complexity index is 410. The molecule has 18 heavy (non-hydrogen) atoms. The fourth-order valence-corrected chi connectivity index (χ4v) is 2.41. The molecule has 0 aromatic carbocycles. The Morgan fingerprint density at radius 1 is 1.50 bits per heavy atom. The van der Waals surface area contributed by atoms with Crippen molar-refractivity contribution in [2.45, 2.75) is 31.7 Å². The first-order valence-corrected chi connectivity index (χ1v) is 6.51. The van der Waals surface area contributed by atoms with E-state index >= 15 is 0 Å². The number of carbonyl (C=O) groups excluding carboxylic acids is 1. The van der Waals surface area contributed by atoms with Crippen molar-refractivity contribution < 1.29 is 9.90 Å². The Morgan fingerprint density at radius 3 is 3.00 bits per heavy atom. The lowest BCUT2D eigenvalue weighted by atomic mass is 10.1. The van der Waals surface area contributed by atoms with Crippen LogP contribution in [0.15, 0.2) is 12.1 Å². The van der Waals surface area contributed by atoms with Gasteiger partial charge in [-0.05, 0) is 37.8 Å². The Hall–Kier alpha value is -1.20. The Labute approximate surface area is 111 Å². The molecule has 1 aromatic heterocycles. The van der Waals surface area contributed by atoms with Crippen LogP contribution in [0.2, 0.25) is 5.15 Å². The lowest BCUT2D eigenvalue weighted by Crippen LogP contribution is -2.36. The Kier molecular flexibility index (Phi) is 4.49. The molecule has 1 saturated heterocycles. The standard InChI is InChI=1S/C12H16ClN3O2/c13-11-6-5-10(14-15-11)12(18)16-7-1-3-9(16)4-2-8-17/h5-6,9,17H,1-4,7-8H2. The molecule has 0 saturated carbocycles. The van der Waals surface area contributed by atoms with E-state index in [0.29, 0.717) is 5.69 Å². The van der Waals surface area contributed by atoms with Gasteiger partial charge in [-0.2, -0.15) is 0 Å². The van der Waals surface area contributed by atoms with E-state index in [4.69, 9.17) is 16.7 Å². The number of aliphatic hydroxyl groups is 1. The minimum atomic E-state index is -0.0976. The van der Waals surface area contributed by atoms with E-state index in [1.807, 2.05) is 4.90 Å². The number of aliphatic hydroxyl groups excluding tert-OH is 1. The number of likely N-dealkylation sites (tertiary alicyclic amines) is 1. The first-order chi connectivity index (χ1) is 8.72. The topological polar surface area (TPSA) is 66.3 Å². The number of aromatic nitrogens is 2. The van der Waals surface area contributed by atoms with Crippen LogP contribution in [0.5, 0.6) is 0 Å². The van der Waals surface area contributed by atoms with Gasteiger partial charge in [0, 0.05) is 19.2 Å². The van der Waals surface area contributed by atoms with Gasteiger partial charge in [-0.3, -0.25) is 4.79 Å². The molecule has 5 nitrogen and oxygen atoms in total. The second kappa shape index (κ2) is 6.11. The summed E-state index contributed by atoms with van der Waals surface area (Å²) >= 11 is 5.65. The van der Waals surface area contributed by atoms with Gasteiger partial charge in [0.15, 0.2) is 10.8 Å². The third kappa shape index (κ3) is 2.97. The van der Waals surface area contributed by atoms with Crippen LogP contribution in [-0.2, 0) is 0 Å². The van der Waals surface area contributed by atoms with Crippen LogP contribution in [-0.4, -0.2) is 45.3 Å². The maximum absolute atomic E-state index is 12.2. The molecule has 1 aliphatic heterocycles. The van der Waals surface area contributed by atoms with Crippen LogP contribution in [0.3, 0.4) is 0 Å². The summed E-state index contributed by atoms with van der Waals surface area (Å²) in [5, 5.41) is 16.6. The monoisotopic (exact) mass is 269 g/mol. The smallest absolute Gasteiger partial charge is 0.274 e. The largest absolute Gasteiger partial charge is 0.396 e. The van der Waals surface area contributed by atoms with E-state index in [9.17, 15) is 4.79 Å². The van der Waals surface area contributed by atoms with Crippen molar-refractivity contribution in [3.63, 3.8) is 0 Å². The zero-order valence-corrected chi connectivity index (χ0v) is 10.8. The minimum Gasteiger partial charge on any atom is -0.396 e. The summed E-state index contributed by atoms with van der Waals surface area (Å²) in [4.78, 5) is 14.1. The number of hydrogen-bond acceptors (Lipinski definition) is 4. The highest BCUT2D eigenvalue weighted by atomic mass is 35.5. The normalized spacial score (nSPS) is 19.2. The molecule has 1 fully saturated rings. The minimum absolute atomic E-state index is 0.0976. The third-order valence-corrected chi connectivity index (χ3v) is 3.39. The van der Waals surface area contributed by atoms with Gasteiger partial charge < -0.3 is 10.0 Å². The van der Waals surface area contributed by atoms with E-state index in [2.05, 4.69) is 10.2 Å². The first-order valence-electron chi connectivity index (χ1n) is 6.13. The predicted molar refractivity (Wildman–Crippen MR) is 67.4 cm³/mol. The van der Waals surface area contributed by atoms with Crippen LogP contribution >= 0.6 is 11.6 Å². The highest BCUT2D eigenvalue weighted by Crippen LogP contribution is 2.23. The van der Waals surface area contributed by atoms with Gasteiger partial charge in [-0.25, -0.2) is 0 Å². The molecule has 6 heteroatoms. The predicted octanol–water partition coefficient (Wildman–Crippen LogP) is 1.51. The number of carbonyl (C=O) groups is 1. The molecule has 1 amide bonds. The third-order valence-electron chi connectivity index (χ3n) is 3.18. The van der Waals surface area contributed by atoms with Crippen molar-refractivity contribution in [2.24, 2.45) is 0 Å². The van der Waals surface area contributed by atoms with Crippen LogP contribution < -0.4 is 0 Å². The lowest BCUT2D eigenvalue weighted by Gasteiger charge is -2.23. The fourth-order valence-electron chi connectivity index (χ4n) is 2.31. The summed E-state index contributed by atoms with van der Waals surface area (Å²) in [5.41, 5.74) is 0.329. The number of hydrogen-bond donors (Lipinski definition) is 1. The number of amides is 1. The van der Waals surface area contributed by atoms with E-state index in [0.717, 1.165) is 32.2 Å². The summed E-state index contributed by atoms with van der Waals surface area (Å²) < 4.78 is 0. The van der Waals surface area contributed by atoms with Gasteiger partial charge in [0.25, 0.3) is 5.91 Å². The summed E-state index contributed by atoms with van der Waals surface area (Å²) in [5.74, 6) is -0.0976. The number of nitrogens with zero attached hydrogens (tertiary/aromatic N) is 3. The molecular weight excluding hydrogens is 254 g/mol. The summed E-state index contributed by atoms with van der Waals surface area (Å²) in [6.45, 7) is 0.915. The van der Waals surface area contributed by atoms with Gasteiger partial charge in [0.05, 0.1) is 0 Å². The molecular formula is C12H16ClN3O2. The molecule has 0 aliphatic carbocycles. The van der Waals surface area contributed by atoms with E-state index in [1.165, 1.54) is 0 Å². The second-order valence-corrected chi connectivity index (χ2v) is 4.79. The first kappa shape index (κ1) is 13.2. The van der Waals surface area contributed by atoms with Gasteiger partial charge >= 0.3 is 0 Å². The highest BCUT2D eigenvalue weighted by Gasteiger charge is 2.29. The summed E-state index contributed by atoms with van der Waals surface area (Å²) in [6.07, 6.45) is 3.56. The summed E-state index contributed by atoms with van der Waals surface area (Å²) in [7, 11) is 0. The molecule has 2 rings (SSSR count). The molecule has 1 atom stereocenters. The van der Waals surface area contributed by atoms with Crippen LogP contribution in [0, 0.1) is 0 Å². The van der Waals surface area contributed by atoms with Crippen molar-refractivity contribution in [1.82, 2.24) is 15.1 Å².